The first-order valence-corrected chi connectivity index (χ1v) is 8.92. The summed E-state index contributed by atoms with van der Waals surface area (Å²) in [5.41, 5.74) is 2.45. The van der Waals surface area contributed by atoms with Gasteiger partial charge in [-0.1, -0.05) is 0 Å². The summed E-state index contributed by atoms with van der Waals surface area (Å²) in [6.45, 7) is 2.30. The zero-order chi connectivity index (χ0) is 20.1. The number of carbonyl (C=O) groups excluding carboxylic acids is 2. The lowest BCUT2D eigenvalue weighted by Crippen LogP contribution is -2.09. The maximum Gasteiger partial charge on any atom is 0.338 e. The van der Waals surface area contributed by atoms with Crippen molar-refractivity contribution in [2.24, 2.45) is 0 Å². The first-order valence-electron chi connectivity index (χ1n) is 8.92. The molecule has 0 saturated carbocycles. The summed E-state index contributed by atoms with van der Waals surface area (Å²) in [7, 11) is 0. The molecule has 0 spiro atoms. The number of rotatable bonds is 7. The molecule has 0 radical (unpaired) electrons. The van der Waals surface area contributed by atoms with Crippen LogP contribution in [0.4, 0.5) is 4.39 Å². The third-order valence-electron chi connectivity index (χ3n) is 4.35. The molecule has 0 bridgehead atoms. The number of benzene rings is 2. The van der Waals surface area contributed by atoms with Gasteiger partial charge < -0.3 is 9.30 Å². The summed E-state index contributed by atoms with van der Waals surface area (Å²) in [5.74, 6) is -0.856. The lowest BCUT2D eigenvalue weighted by molar-refractivity contribution is -0.116. The molecule has 5 nitrogen and oxygen atoms in total. The fourth-order valence-corrected chi connectivity index (χ4v) is 3.14. The zero-order valence-electron chi connectivity index (χ0n) is 15.4. The Bertz CT molecular complexity index is 1060. The van der Waals surface area contributed by atoms with Gasteiger partial charge in [-0.05, 0) is 61.4 Å². The molecule has 28 heavy (non-hydrogen) atoms. The Hall–Kier alpha value is -3.46. The Balaban J connectivity index is 1.64. The second-order valence-electron chi connectivity index (χ2n) is 6.58. The minimum Gasteiger partial charge on any atom is -0.462 e. The molecule has 0 aliphatic carbocycles. The van der Waals surface area contributed by atoms with Crippen LogP contribution in [-0.2, 0) is 22.5 Å². The van der Waals surface area contributed by atoms with Gasteiger partial charge in [0.15, 0.2) is 0 Å². The molecule has 6 heteroatoms. The summed E-state index contributed by atoms with van der Waals surface area (Å²) in [6.07, 6.45) is 2.75. The highest BCUT2D eigenvalue weighted by Crippen LogP contribution is 2.23. The average molecular weight is 378 g/mol. The van der Waals surface area contributed by atoms with Crippen molar-refractivity contribution in [2.45, 2.75) is 26.3 Å². The van der Waals surface area contributed by atoms with Gasteiger partial charge in [-0.15, -0.1) is 0 Å². The Morgan fingerprint density at radius 3 is 2.61 bits per heavy atom. The number of aromatic nitrogens is 1. The largest absolute Gasteiger partial charge is 0.462 e. The third-order valence-corrected chi connectivity index (χ3v) is 4.35. The van der Waals surface area contributed by atoms with Crippen LogP contribution in [0.5, 0.6) is 0 Å². The molecule has 142 valence electrons. The summed E-state index contributed by atoms with van der Waals surface area (Å²) < 4.78 is 20.1. The molecule has 0 aliphatic rings. The number of Topliss-reactive ketones (excluding diaryl/α,β-unsaturated/α-hetero) is 1. The monoisotopic (exact) mass is 378 g/mol. The highest BCUT2D eigenvalue weighted by atomic mass is 19.1. The van der Waals surface area contributed by atoms with Crippen molar-refractivity contribution in [2.75, 3.05) is 6.61 Å². The van der Waals surface area contributed by atoms with E-state index in [0.717, 1.165) is 16.5 Å². The lowest BCUT2D eigenvalue weighted by Gasteiger charge is -2.09. The van der Waals surface area contributed by atoms with Gasteiger partial charge in [0, 0.05) is 24.5 Å². The highest BCUT2D eigenvalue weighted by molar-refractivity contribution is 5.89. The number of halogens is 1. The molecule has 0 amide bonds. The van der Waals surface area contributed by atoms with Crippen LogP contribution in [0.15, 0.2) is 48.7 Å². The van der Waals surface area contributed by atoms with Crippen LogP contribution in [0.3, 0.4) is 0 Å². The van der Waals surface area contributed by atoms with Gasteiger partial charge in [0.25, 0.3) is 0 Å². The summed E-state index contributed by atoms with van der Waals surface area (Å²) in [5, 5.41) is 10.4. The van der Waals surface area contributed by atoms with Crippen LogP contribution in [0.25, 0.3) is 10.9 Å². The van der Waals surface area contributed by atoms with E-state index in [0.29, 0.717) is 30.5 Å². The number of ether oxygens (including phenoxy) is 1. The first-order chi connectivity index (χ1) is 13.5. The normalized spacial score (nSPS) is 10.6. The molecule has 0 N–H and O–H groups in total. The second-order valence-corrected chi connectivity index (χ2v) is 6.58. The summed E-state index contributed by atoms with van der Waals surface area (Å²) in [6, 6.07) is 13.0. The molecule has 3 rings (SSSR count). The van der Waals surface area contributed by atoms with Crippen LogP contribution in [0.2, 0.25) is 0 Å². The molecule has 2 aromatic carbocycles. The topological polar surface area (TPSA) is 72.1 Å². The number of carbonyl (C=O) groups is 2. The number of aryl methyl sites for hydroxylation is 1. The molecule has 0 fully saturated rings. The zero-order valence-corrected chi connectivity index (χ0v) is 15.4. The fourth-order valence-electron chi connectivity index (χ4n) is 3.14. The minimum atomic E-state index is -0.496. The smallest absolute Gasteiger partial charge is 0.338 e. The number of fused-ring (bicyclic) bond motifs is 1. The van der Waals surface area contributed by atoms with E-state index in [1.807, 2.05) is 22.9 Å². The molecule has 0 aliphatic heterocycles. The van der Waals surface area contributed by atoms with E-state index in [2.05, 4.69) is 6.07 Å². The molecule has 1 aromatic heterocycles. The highest BCUT2D eigenvalue weighted by Gasteiger charge is 2.11. The van der Waals surface area contributed by atoms with E-state index < -0.39 is 11.8 Å². The Morgan fingerprint density at radius 2 is 1.93 bits per heavy atom. The van der Waals surface area contributed by atoms with Crippen molar-refractivity contribution in [3.63, 3.8) is 0 Å². The van der Waals surface area contributed by atoms with Crippen molar-refractivity contribution >= 4 is 22.7 Å². The van der Waals surface area contributed by atoms with Crippen molar-refractivity contribution in [1.29, 1.82) is 5.26 Å². The molecule has 0 saturated heterocycles. The molecular formula is C22H19FN2O3. The molecule has 1 heterocycles. The maximum absolute atomic E-state index is 12.9. The number of ketones is 1. The lowest BCUT2D eigenvalue weighted by atomic mass is 10.0. The van der Waals surface area contributed by atoms with Crippen molar-refractivity contribution in [1.82, 2.24) is 4.57 Å². The molecule has 3 aromatic rings. The van der Waals surface area contributed by atoms with Gasteiger partial charge in [0.2, 0.25) is 0 Å². The third kappa shape index (κ3) is 4.44. The molecule has 0 unspecified atom stereocenters. The van der Waals surface area contributed by atoms with Gasteiger partial charge in [-0.25, -0.2) is 9.18 Å². The standard InChI is InChI=1S/C22H19FN2O3/c1-15(26)11-16-12-18-7-9-25(21(18)19(13-16)14-24)8-2-10-28-22(27)17-3-5-20(23)6-4-17/h3-7,9,12-13H,2,8,10-11H2,1H3. The molecular weight excluding hydrogens is 359 g/mol. The van der Waals surface area contributed by atoms with E-state index in [1.165, 1.54) is 31.2 Å². The number of nitrogens with zero attached hydrogens (tertiary/aromatic N) is 2. The van der Waals surface area contributed by atoms with Crippen molar-refractivity contribution in [3.05, 3.63) is 71.2 Å². The van der Waals surface area contributed by atoms with Gasteiger partial charge >= 0.3 is 5.97 Å². The minimum absolute atomic E-state index is 0.0469. The van der Waals surface area contributed by atoms with Crippen LogP contribution >= 0.6 is 0 Å². The summed E-state index contributed by atoms with van der Waals surface area (Å²) in [4.78, 5) is 23.3. The maximum atomic E-state index is 12.9. The Kier molecular flexibility index (Phi) is 5.85. The van der Waals surface area contributed by atoms with Crippen LogP contribution in [0.1, 0.15) is 34.8 Å². The van der Waals surface area contributed by atoms with E-state index in [1.54, 1.807) is 6.07 Å². The predicted molar refractivity (Wildman–Crippen MR) is 102 cm³/mol. The van der Waals surface area contributed by atoms with Crippen LogP contribution < -0.4 is 0 Å². The van der Waals surface area contributed by atoms with E-state index in [-0.39, 0.29) is 12.4 Å². The van der Waals surface area contributed by atoms with Gasteiger partial charge in [-0.2, -0.15) is 5.26 Å². The van der Waals surface area contributed by atoms with Crippen molar-refractivity contribution < 1.29 is 18.7 Å². The molecule has 0 atom stereocenters. The Labute approximate surface area is 162 Å². The predicted octanol–water partition coefficient (Wildman–Crippen LogP) is 4.03. The van der Waals surface area contributed by atoms with Gasteiger partial charge in [-0.3, -0.25) is 4.79 Å². The first kappa shape index (κ1) is 19.3. The quantitative estimate of drug-likeness (QED) is 0.460. The van der Waals surface area contributed by atoms with E-state index in [9.17, 15) is 19.2 Å². The summed E-state index contributed by atoms with van der Waals surface area (Å²) >= 11 is 0. The Morgan fingerprint density at radius 1 is 1.18 bits per heavy atom. The number of esters is 1. The number of nitriles is 1. The van der Waals surface area contributed by atoms with Gasteiger partial charge in [0.05, 0.1) is 23.3 Å². The van der Waals surface area contributed by atoms with Crippen molar-refractivity contribution in [3.8, 4) is 6.07 Å². The van der Waals surface area contributed by atoms with Crippen LogP contribution in [0, 0.1) is 17.1 Å². The average Bonchev–Trinajstić information content (AvgIpc) is 3.07. The number of hydrogen-bond acceptors (Lipinski definition) is 4. The second kappa shape index (κ2) is 8.49. The van der Waals surface area contributed by atoms with E-state index in [4.69, 9.17) is 4.74 Å². The SMILES string of the molecule is CC(=O)Cc1cc(C#N)c2c(ccn2CCCOC(=O)c2ccc(F)cc2)c1. The fraction of sp³-hybridized carbons (Fsp3) is 0.227. The van der Waals surface area contributed by atoms with E-state index >= 15 is 0 Å². The van der Waals surface area contributed by atoms with Gasteiger partial charge in [0.1, 0.15) is 17.7 Å². The van der Waals surface area contributed by atoms with Crippen LogP contribution in [-0.4, -0.2) is 22.9 Å². The number of hydrogen-bond donors (Lipinski definition) is 0.